The van der Waals surface area contributed by atoms with Crippen LogP contribution in [0.4, 0.5) is 0 Å². The first kappa shape index (κ1) is 19.2. The number of furan rings is 1. The third kappa shape index (κ3) is 3.72. The number of hydrogen-bond acceptors (Lipinski definition) is 5. The second-order valence-corrected chi connectivity index (χ2v) is 7.82. The summed E-state index contributed by atoms with van der Waals surface area (Å²) in [6.07, 6.45) is 6.49. The average Bonchev–Trinajstić information content (AvgIpc) is 3.42. The van der Waals surface area contributed by atoms with Gasteiger partial charge < -0.3 is 13.9 Å². The van der Waals surface area contributed by atoms with Gasteiger partial charge in [-0.05, 0) is 50.9 Å². The summed E-state index contributed by atoms with van der Waals surface area (Å²) in [6.45, 7) is 8.65. The van der Waals surface area contributed by atoms with Gasteiger partial charge in [0.1, 0.15) is 11.6 Å². The number of nitrogens with zero attached hydrogens (tertiary/aromatic N) is 5. The van der Waals surface area contributed by atoms with Crippen LogP contribution in [0.25, 0.3) is 0 Å². The topological polar surface area (TPSA) is 67.4 Å². The molecule has 0 aromatic carbocycles. The number of hydrogen-bond donors (Lipinski definition) is 0. The van der Waals surface area contributed by atoms with E-state index in [0.29, 0.717) is 5.76 Å². The summed E-state index contributed by atoms with van der Waals surface area (Å²) in [7, 11) is 0. The second kappa shape index (κ2) is 8.47. The van der Waals surface area contributed by atoms with Crippen LogP contribution in [0.5, 0.6) is 0 Å². The smallest absolute Gasteiger partial charge is 0.290 e. The Morgan fingerprint density at radius 1 is 1.14 bits per heavy atom. The molecule has 2 aromatic rings. The van der Waals surface area contributed by atoms with Crippen molar-refractivity contribution in [2.75, 3.05) is 19.6 Å². The summed E-state index contributed by atoms with van der Waals surface area (Å²) in [5, 5.41) is 8.93. The molecule has 4 heterocycles. The second-order valence-electron chi connectivity index (χ2n) is 7.82. The summed E-state index contributed by atoms with van der Waals surface area (Å²) in [4.78, 5) is 17.4. The molecule has 152 valence electrons. The molecule has 1 amide bonds. The van der Waals surface area contributed by atoms with E-state index in [-0.39, 0.29) is 11.9 Å². The Hall–Kier alpha value is -2.15. The molecular weight excluding hydrogens is 354 g/mol. The fourth-order valence-electron chi connectivity index (χ4n) is 4.42. The lowest BCUT2D eigenvalue weighted by Gasteiger charge is -2.24. The molecular formula is C21H31N5O2. The van der Waals surface area contributed by atoms with Crippen molar-refractivity contribution < 1.29 is 9.21 Å². The molecule has 7 heteroatoms. The number of rotatable bonds is 6. The number of carbonyl (C=O) groups excluding carboxylic acids is 1. The molecule has 0 unspecified atom stereocenters. The maximum atomic E-state index is 13.2. The van der Waals surface area contributed by atoms with Crippen molar-refractivity contribution >= 4 is 5.91 Å². The van der Waals surface area contributed by atoms with E-state index in [1.54, 1.807) is 0 Å². The van der Waals surface area contributed by atoms with E-state index < -0.39 is 0 Å². The summed E-state index contributed by atoms with van der Waals surface area (Å²) in [5.74, 6) is 3.28. The van der Waals surface area contributed by atoms with Gasteiger partial charge in [-0.15, -0.1) is 10.2 Å². The number of amides is 1. The van der Waals surface area contributed by atoms with Gasteiger partial charge in [0.15, 0.2) is 11.6 Å². The van der Waals surface area contributed by atoms with Crippen LogP contribution in [0.1, 0.15) is 80.0 Å². The maximum Gasteiger partial charge on any atom is 0.290 e. The van der Waals surface area contributed by atoms with Gasteiger partial charge in [0, 0.05) is 19.5 Å². The number of aromatic nitrogens is 3. The van der Waals surface area contributed by atoms with E-state index in [0.717, 1.165) is 75.8 Å². The summed E-state index contributed by atoms with van der Waals surface area (Å²) in [5.41, 5.74) is 0. The minimum absolute atomic E-state index is 0.00295. The quantitative estimate of drug-likeness (QED) is 0.762. The largest absolute Gasteiger partial charge is 0.455 e. The van der Waals surface area contributed by atoms with Crippen LogP contribution in [0.3, 0.4) is 0 Å². The fourth-order valence-corrected chi connectivity index (χ4v) is 4.42. The zero-order chi connectivity index (χ0) is 19.5. The number of likely N-dealkylation sites (tertiary alicyclic amines) is 1. The average molecular weight is 386 g/mol. The molecule has 2 aromatic heterocycles. The molecule has 0 saturated carbocycles. The summed E-state index contributed by atoms with van der Waals surface area (Å²) >= 11 is 0. The van der Waals surface area contributed by atoms with Crippen LogP contribution in [0.2, 0.25) is 0 Å². The zero-order valence-electron chi connectivity index (χ0n) is 17.1. The summed E-state index contributed by atoms with van der Waals surface area (Å²) in [6, 6.07) is 3.75. The van der Waals surface area contributed by atoms with E-state index in [4.69, 9.17) is 4.42 Å². The van der Waals surface area contributed by atoms with Crippen molar-refractivity contribution in [1.29, 1.82) is 0 Å². The third-order valence-corrected chi connectivity index (χ3v) is 6.10. The molecule has 4 rings (SSSR count). The van der Waals surface area contributed by atoms with Gasteiger partial charge in [-0.3, -0.25) is 9.69 Å². The monoisotopic (exact) mass is 385 g/mol. The van der Waals surface area contributed by atoms with Crippen LogP contribution in [0, 0.1) is 0 Å². The minimum Gasteiger partial charge on any atom is -0.455 e. The highest BCUT2D eigenvalue weighted by atomic mass is 16.4. The Balaban J connectivity index is 1.52. The zero-order valence-corrected chi connectivity index (χ0v) is 17.1. The SMILES string of the molecule is CCN(CC)Cc1ccc(C(=O)N2CCC[C@@H]2c2nnc3n2CCCCC3)o1. The van der Waals surface area contributed by atoms with E-state index in [1.807, 2.05) is 17.0 Å². The van der Waals surface area contributed by atoms with Gasteiger partial charge in [0.05, 0.1) is 12.6 Å². The van der Waals surface area contributed by atoms with Gasteiger partial charge in [0.2, 0.25) is 0 Å². The van der Waals surface area contributed by atoms with Gasteiger partial charge in [-0.25, -0.2) is 0 Å². The first-order chi connectivity index (χ1) is 13.7. The Kier molecular flexibility index (Phi) is 5.80. The Morgan fingerprint density at radius 2 is 2.00 bits per heavy atom. The highest BCUT2D eigenvalue weighted by Gasteiger charge is 2.36. The highest BCUT2D eigenvalue weighted by Crippen LogP contribution is 2.33. The lowest BCUT2D eigenvalue weighted by Crippen LogP contribution is -2.32. The number of fused-ring (bicyclic) bond motifs is 1. The van der Waals surface area contributed by atoms with Gasteiger partial charge in [-0.2, -0.15) is 0 Å². The lowest BCUT2D eigenvalue weighted by atomic mass is 10.2. The highest BCUT2D eigenvalue weighted by molar-refractivity contribution is 5.92. The molecule has 0 aliphatic carbocycles. The van der Waals surface area contributed by atoms with E-state index >= 15 is 0 Å². The molecule has 1 fully saturated rings. The molecule has 1 saturated heterocycles. The molecule has 0 N–H and O–H groups in total. The molecule has 1 atom stereocenters. The van der Waals surface area contributed by atoms with Gasteiger partial charge in [-0.1, -0.05) is 20.3 Å². The van der Waals surface area contributed by atoms with E-state index in [2.05, 4.69) is 33.5 Å². The molecule has 2 aliphatic rings. The predicted molar refractivity (Wildman–Crippen MR) is 106 cm³/mol. The fraction of sp³-hybridized carbons (Fsp3) is 0.667. The number of aryl methyl sites for hydroxylation is 1. The molecule has 2 aliphatic heterocycles. The standard InChI is InChI=1S/C21H31N5O2/c1-3-24(4-2)15-16-11-12-18(28-16)21(27)25-14-8-9-17(25)20-23-22-19-10-6-5-7-13-26(19)20/h11-12,17H,3-10,13-15H2,1-2H3/t17-/m1/s1. The molecule has 0 radical (unpaired) electrons. The van der Waals surface area contributed by atoms with Crippen LogP contribution >= 0.6 is 0 Å². The Bertz CT molecular complexity index is 808. The van der Waals surface area contributed by atoms with Crippen molar-refractivity contribution in [2.45, 2.75) is 71.5 Å². The molecule has 0 spiro atoms. The van der Waals surface area contributed by atoms with Crippen molar-refractivity contribution in [2.24, 2.45) is 0 Å². The van der Waals surface area contributed by atoms with Crippen molar-refractivity contribution in [3.05, 3.63) is 35.3 Å². The Morgan fingerprint density at radius 3 is 2.82 bits per heavy atom. The van der Waals surface area contributed by atoms with Crippen LogP contribution in [0.15, 0.2) is 16.5 Å². The first-order valence-corrected chi connectivity index (χ1v) is 10.7. The normalized spacial score (nSPS) is 19.8. The number of carbonyl (C=O) groups is 1. The van der Waals surface area contributed by atoms with Crippen LogP contribution in [-0.4, -0.2) is 50.1 Å². The third-order valence-electron chi connectivity index (χ3n) is 6.10. The Labute approximate surface area is 166 Å². The van der Waals surface area contributed by atoms with Crippen molar-refractivity contribution in [3.63, 3.8) is 0 Å². The van der Waals surface area contributed by atoms with Crippen molar-refractivity contribution in [3.8, 4) is 0 Å². The lowest BCUT2D eigenvalue weighted by molar-refractivity contribution is 0.0691. The van der Waals surface area contributed by atoms with Crippen molar-refractivity contribution in [1.82, 2.24) is 24.6 Å². The van der Waals surface area contributed by atoms with Gasteiger partial charge in [0.25, 0.3) is 5.91 Å². The van der Waals surface area contributed by atoms with Crippen LogP contribution in [-0.2, 0) is 19.5 Å². The maximum absolute atomic E-state index is 13.2. The molecule has 0 bridgehead atoms. The minimum atomic E-state index is -0.0285. The molecule has 7 nitrogen and oxygen atoms in total. The predicted octanol–water partition coefficient (Wildman–Crippen LogP) is 3.42. The summed E-state index contributed by atoms with van der Waals surface area (Å²) < 4.78 is 8.18. The molecule has 28 heavy (non-hydrogen) atoms. The first-order valence-electron chi connectivity index (χ1n) is 10.7. The van der Waals surface area contributed by atoms with Gasteiger partial charge >= 0.3 is 0 Å². The van der Waals surface area contributed by atoms with E-state index in [1.165, 1.54) is 12.8 Å². The van der Waals surface area contributed by atoms with Crippen LogP contribution < -0.4 is 0 Å². The van der Waals surface area contributed by atoms with E-state index in [9.17, 15) is 4.79 Å².